The van der Waals surface area contributed by atoms with Gasteiger partial charge in [-0.15, -0.1) is 0 Å². The van der Waals surface area contributed by atoms with E-state index in [-0.39, 0.29) is 5.82 Å². The summed E-state index contributed by atoms with van der Waals surface area (Å²) in [5, 5.41) is 11.1. The van der Waals surface area contributed by atoms with E-state index in [9.17, 15) is 4.39 Å². The molecular formula is C10H11FN2. The third-order valence-corrected chi connectivity index (χ3v) is 1.67. The highest BCUT2D eigenvalue weighted by Crippen LogP contribution is 2.15. The standard InChI is InChI=1S/C10H11FN2/c1-8-3-4-9(11)10(7-8)13-6-2-5-12/h3-4,7,13H,2,6H2,1H3. The third kappa shape index (κ3) is 2.75. The number of halogens is 1. The smallest absolute Gasteiger partial charge is 0.146 e. The third-order valence-electron chi connectivity index (χ3n) is 1.67. The number of nitrogens with one attached hydrogen (secondary N) is 1. The summed E-state index contributed by atoms with van der Waals surface area (Å²) >= 11 is 0. The maximum atomic E-state index is 13.1. The number of rotatable bonds is 3. The monoisotopic (exact) mass is 178 g/mol. The predicted molar refractivity (Wildman–Crippen MR) is 49.9 cm³/mol. The molecular weight excluding hydrogens is 167 g/mol. The number of nitriles is 1. The number of nitrogens with zero attached hydrogens (tertiary/aromatic N) is 1. The van der Waals surface area contributed by atoms with E-state index >= 15 is 0 Å². The van der Waals surface area contributed by atoms with Crippen LogP contribution in [0.2, 0.25) is 0 Å². The van der Waals surface area contributed by atoms with E-state index in [1.54, 1.807) is 12.1 Å². The van der Waals surface area contributed by atoms with Crippen LogP contribution < -0.4 is 5.32 Å². The molecule has 0 unspecified atom stereocenters. The van der Waals surface area contributed by atoms with Crippen molar-refractivity contribution in [1.82, 2.24) is 0 Å². The van der Waals surface area contributed by atoms with Crippen LogP contribution in [0.5, 0.6) is 0 Å². The topological polar surface area (TPSA) is 35.8 Å². The number of benzene rings is 1. The molecule has 0 bridgehead atoms. The minimum Gasteiger partial charge on any atom is -0.382 e. The summed E-state index contributed by atoms with van der Waals surface area (Å²) in [7, 11) is 0. The summed E-state index contributed by atoms with van der Waals surface area (Å²) in [6.07, 6.45) is 0.382. The van der Waals surface area contributed by atoms with Crippen LogP contribution in [0.15, 0.2) is 18.2 Å². The zero-order valence-electron chi connectivity index (χ0n) is 7.47. The van der Waals surface area contributed by atoms with Gasteiger partial charge in [-0.2, -0.15) is 5.26 Å². The molecule has 1 aromatic carbocycles. The Labute approximate surface area is 77.0 Å². The summed E-state index contributed by atoms with van der Waals surface area (Å²) in [6, 6.07) is 6.85. The van der Waals surface area contributed by atoms with Crippen LogP contribution in [0.1, 0.15) is 12.0 Å². The first-order valence-electron chi connectivity index (χ1n) is 4.11. The predicted octanol–water partition coefficient (Wildman–Crippen LogP) is 2.46. The maximum Gasteiger partial charge on any atom is 0.146 e. The van der Waals surface area contributed by atoms with Crippen LogP contribution in [0.4, 0.5) is 10.1 Å². The first-order chi connectivity index (χ1) is 6.24. The van der Waals surface area contributed by atoms with Gasteiger partial charge < -0.3 is 5.32 Å². The first kappa shape index (κ1) is 9.53. The van der Waals surface area contributed by atoms with Crippen LogP contribution in [0, 0.1) is 24.1 Å². The number of hydrogen-bond donors (Lipinski definition) is 1. The van der Waals surface area contributed by atoms with Crippen molar-refractivity contribution in [1.29, 1.82) is 5.26 Å². The van der Waals surface area contributed by atoms with E-state index in [2.05, 4.69) is 5.32 Å². The van der Waals surface area contributed by atoms with Gasteiger partial charge in [0.15, 0.2) is 0 Å². The van der Waals surface area contributed by atoms with E-state index in [1.165, 1.54) is 6.07 Å². The van der Waals surface area contributed by atoms with Crippen LogP contribution in [-0.2, 0) is 0 Å². The Hall–Kier alpha value is -1.56. The lowest BCUT2D eigenvalue weighted by Gasteiger charge is -2.05. The van der Waals surface area contributed by atoms with Gasteiger partial charge in [-0.05, 0) is 24.6 Å². The lowest BCUT2D eigenvalue weighted by Crippen LogP contribution is -2.02. The van der Waals surface area contributed by atoms with Gasteiger partial charge in [0.05, 0.1) is 18.2 Å². The summed E-state index contributed by atoms with van der Waals surface area (Å²) < 4.78 is 13.1. The van der Waals surface area contributed by atoms with Crippen LogP contribution in [0.25, 0.3) is 0 Å². The minimum absolute atomic E-state index is 0.275. The molecule has 13 heavy (non-hydrogen) atoms. The molecule has 2 nitrogen and oxygen atoms in total. The van der Waals surface area contributed by atoms with E-state index in [0.29, 0.717) is 18.7 Å². The molecule has 0 aliphatic heterocycles. The zero-order valence-corrected chi connectivity index (χ0v) is 7.47. The number of aryl methyl sites for hydroxylation is 1. The van der Waals surface area contributed by atoms with Gasteiger partial charge in [0, 0.05) is 6.54 Å². The van der Waals surface area contributed by atoms with Crippen molar-refractivity contribution >= 4 is 5.69 Å². The van der Waals surface area contributed by atoms with Crippen molar-refractivity contribution < 1.29 is 4.39 Å². The van der Waals surface area contributed by atoms with Gasteiger partial charge in [0.1, 0.15) is 5.82 Å². The molecule has 0 saturated heterocycles. The second-order valence-electron chi connectivity index (χ2n) is 2.82. The van der Waals surface area contributed by atoms with Gasteiger partial charge in [0.2, 0.25) is 0 Å². The lowest BCUT2D eigenvalue weighted by molar-refractivity contribution is 0.630. The van der Waals surface area contributed by atoms with Crippen molar-refractivity contribution in [2.75, 3.05) is 11.9 Å². The van der Waals surface area contributed by atoms with E-state index < -0.39 is 0 Å². The second-order valence-corrected chi connectivity index (χ2v) is 2.82. The van der Waals surface area contributed by atoms with Gasteiger partial charge in [0.25, 0.3) is 0 Å². The fourth-order valence-corrected chi connectivity index (χ4v) is 1.03. The Morgan fingerprint density at radius 2 is 2.31 bits per heavy atom. The highest BCUT2D eigenvalue weighted by Gasteiger charge is 1.99. The van der Waals surface area contributed by atoms with Crippen molar-refractivity contribution in [3.05, 3.63) is 29.6 Å². The average molecular weight is 178 g/mol. The molecule has 0 atom stereocenters. The number of anilines is 1. The summed E-state index contributed by atoms with van der Waals surface area (Å²) in [5.41, 5.74) is 1.47. The van der Waals surface area contributed by atoms with Crippen LogP contribution in [-0.4, -0.2) is 6.54 Å². The van der Waals surface area contributed by atoms with Crippen molar-refractivity contribution in [2.45, 2.75) is 13.3 Å². The van der Waals surface area contributed by atoms with Crippen molar-refractivity contribution in [2.24, 2.45) is 0 Å². The Morgan fingerprint density at radius 3 is 3.00 bits per heavy atom. The molecule has 0 saturated carbocycles. The van der Waals surface area contributed by atoms with Crippen molar-refractivity contribution in [3.63, 3.8) is 0 Å². The molecule has 0 spiro atoms. The summed E-state index contributed by atoms with van der Waals surface area (Å²) in [4.78, 5) is 0. The fraction of sp³-hybridized carbons (Fsp3) is 0.300. The molecule has 1 N–H and O–H groups in total. The molecule has 0 fully saturated rings. The molecule has 68 valence electrons. The Balaban J connectivity index is 2.65. The van der Waals surface area contributed by atoms with Crippen LogP contribution >= 0.6 is 0 Å². The van der Waals surface area contributed by atoms with Gasteiger partial charge >= 0.3 is 0 Å². The maximum absolute atomic E-state index is 13.1. The largest absolute Gasteiger partial charge is 0.382 e. The molecule has 0 amide bonds. The van der Waals surface area contributed by atoms with E-state index in [0.717, 1.165) is 5.56 Å². The normalized spacial score (nSPS) is 9.31. The molecule has 0 aliphatic carbocycles. The van der Waals surface area contributed by atoms with Crippen molar-refractivity contribution in [3.8, 4) is 6.07 Å². The number of hydrogen-bond acceptors (Lipinski definition) is 2. The summed E-state index contributed by atoms with van der Waals surface area (Å²) in [5.74, 6) is -0.275. The molecule has 3 heteroatoms. The van der Waals surface area contributed by atoms with E-state index in [4.69, 9.17) is 5.26 Å². The Bertz CT molecular complexity index is 328. The zero-order chi connectivity index (χ0) is 9.68. The summed E-state index contributed by atoms with van der Waals surface area (Å²) in [6.45, 7) is 2.38. The SMILES string of the molecule is Cc1ccc(F)c(NCCC#N)c1. The second kappa shape index (κ2) is 4.46. The minimum atomic E-state index is -0.275. The fourth-order valence-electron chi connectivity index (χ4n) is 1.03. The van der Waals surface area contributed by atoms with Gasteiger partial charge in [-0.3, -0.25) is 0 Å². The Kier molecular flexibility index (Phi) is 3.27. The average Bonchev–Trinajstić information content (AvgIpc) is 2.11. The highest BCUT2D eigenvalue weighted by molar-refractivity contribution is 5.46. The molecule has 1 aromatic rings. The Morgan fingerprint density at radius 1 is 1.54 bits per heavy atom. The van der Waals surface area contributed by atoms with Crippen LogP contribution in [0.3, 0.4) is 0 Å². The van der Waals surface area contributed by atoms with Gasteiger partial charge in [-0.1, -0.05) is 6.07 Å². The first-order valence-corrected chi connectivity index (χ1v) is 4.11. The highest BCUT2D eigenvalue weighted by atomic mass is 19.1. The molecule has 0 aromatic heterocycles. The molecule has 0 heterocycles. The molecule has 0 radical (unpaired) electrons. The lowest BCUT2D eigenvalue weighted by atomic mass is 10.2. The quantitative estimate of drug-likeness (QED) is 0.721. The molecule has 1 rings (SSSR count). The van der Waals surface area contributed by atoms with Gasteiger partial charge in [-0.25, -0.2) is 4.39 Å². The molecule has 0 aliphatic rings. The van der Waals surface area contributed by atoms with E-state index in [1.807, 2.05) is 13.0 Å².